The lowest BCUT2D eigenvalue weighted by molar-refractivity contribution is 0.178. The number of hydrogen-bond donors (Lipinski definition) is 2. The SMILES string of the molecule is COCc1nc2c([nH]1)CCCC2N. The number of nitrogens with two attached hydrogens (primary N) is 1. The fourth-order valence-electron chi connectivity index (χ4n) is 1.82. The number of aryl methyl sites for hydroxylation is 1. The smallest absolute Gasteiger partial charge is 0.132 e. The lowest BCUT2D eigenvalue weighted by Gasteiger charge is -2.15. The van der Waals surface area contributed by atoms with Gasteiger partial charge >= 0.3 is 0 Å². The molecule has 1 aliphatic carbocycles. The second-order valence-corrected chi connectivity index (χ2v) is 3.48. The van der Waals surface area contributed by atoms with Crippen LogP contribution in [0.1, 0.15) is 36.1 Å². The molecule has 1 unspecified atom stereocenters. The van der Waals surface area contributed by atoms with Crippen molar-refractivity contribution in [3.05, 3.63) is 17.2 Å². The van der Waals surface area contributed by atoms with Crippen LogP contribution in [0.15, 0.2) is 0 Å². The average Bonchev–Trinajstić information content (AvgIpc) is 2.49. The third-order valence-electron chi connectivity index (χ3n) is 2.43. The van der Waals surface area contributed by atoms with Gasteiger partial charge in [0, 0.05) is 18.8 Å². The van der Waals surface area contributed by atoms with Gasteiger partial charge in [0.2, 0.25) is 0 Å². The Bertz CT molecular complexity index is 295. The summed E-state index contributed by atoms with van der Waals surface area (Å²) in [6.07, 6.45) is 3.27. The number of H-pyrrole nitrogens is 1. The Labute approximate surface area is 77.5 Å². The molecule has 13 heavy (non-hydrogen) atoms. The van der Waals surface area contributed by atoms with Crippen LogP contribution >= 0.6 is 0 Å². The minimum Gasteiger partial charge on any atom is -0.377 e. The molecule has 0 aromatic carbocycles. The van der Waals surface area contributed by atoms with Crippen molar-refractivity contribution in [1.82, 2.24) is 9.97 Å². The molecule has 0 radical (unpaired) electrons. The highest BCUT2D eigenvalue weighted by Gasteiger charge is 2.20. The summed E-state index contributed by atoms with van der Waals surface area (Å²) in [5.74, 6) is 0.893. The maximum absolute atomic E-state index is 5.93. The molecule has 0 saturated heterocycles. The van der Waals surface area contributed by atoms with Gasteiger partial charge in [0.25, 0.3) is 0 Å². The highest BCUT2D eigenvalue weighted by atomic mass is 16.5. The number of rotatable bonds is 2. The summed E-state index contributed by atoms with van der Waals surface area (Å²) in [5.41, 5.74) is 8.17. The van der Waals surface area contributed by atoms with Gasteiger partial charge < -0.3 is 15.5 Å². The van der Waals surface area contributed by atoms with Crippen LogP contribution in [-0.2, 0) is 17.8 Å². The summed E-state index contributed by atoms with van der Waals surface area (Å²) in [5, 5.41) is 0. The quantitative estimate of drug-likeness (QED) is 0.712. The van der Waals surface area contributed by atoms with Gasteiger partial charge in [-0.05, 0) is 19.3 Å². The van der Waals surface area contributed by atoms with E-state index in [2.05, 4.69) is 9.97 Å². The molecule has 0 aliphatic heterocycles. The molecule has 1 aliphatic rings. The summed E-state index contributed by atoms with van der Waals surface area (Å²) in [4.78, 5) is 7.66. The van der Waals surface area contributed by atoms with Crippen LogP contribution in [-0.4, -0.2) is 17.1 Å². The van der Waals surface area contributed by atoms with Crippen molar-refractivity contribution in [3.63, 3.8) is 0 Å². The van der Waals surface area contributed by atoms with Crippen LogP contribution in [0.2, 0.25) is 0 Å². The summed E-state index contributed by atoms with van der Waals surface area (Å²) in [7, 11) is 1.67. The van der Waals surface area contributed by atoms with Crippen molar-refractivity contribution in [2.45, 2.75) is 31.9 Å². The van der Waals surface area contributed by atoms with Gasteiger partial charge in [0.05, 0.1) is 5.69 Å². The molecule has 1 aromatic rings. The van der Waals surface area contributed by atoms with E-state index in [0.29, 0.717) is 6.61 Å². The molecule has 4 heteroatoms. The van der Waals surface area contributed by atoms with Crippen molar-refractivity contribution >= 4 is 0 Å². The van der Waals surface area contributed by atoms with E-state index >= 15 is 0 Å². The van der Waals surface area contributed by atoms with Crippen molar-refractivity contribution in [1.29, 1.82) is 0 Å². The van der Waals surface area contributed by atoms with Crippen LogP contribution < -0.4 is 5.73 Å². The molecule has 0 bridgehead atoms. The van der Waals surface area contributed by atoms with E-state index in [-0.39, 0.29) is 6.04 Å². The molecule has 2 rings (SSSR count). The number of nitrogens with zero attached hydrogens (tertiary/aromatic N) is 1. The Morgan fingerprint density at radius 1 is 1.69 bits per heavy atom. The zero-order valence-corrected chi connectivity index (χ0v) is 7.84. The fourth-order valence-corrected chi connectivity index (χ4v) is 1.82. The molecular formula is C9H15N3O. The lowest BCUT2D eigenvalue weighted by atomic mass is 9.97. The van der Waals surface area contributed by atoms with Gasteiger partial charge in [-0.1, -0.05) is 0 Å². The number of aromatic nitrogens is 2. The number of ether oxygens (including phenoxy) is 1. The first-order chi connectivity index (χ1) is 6.31. The van der Waals surface area contributed by atoms with Crippen LogP contribution in [0, 0.1) is 0 Å². The first kappa shape index (κ1) is 8.72. The van der Waals surface area contributed by atoms with Gasteiger partial charge in [-0.25, -0.2) is 4.98 Å². The standard InChI is InChI=1S/C9H15N3O/c1-13-5-8-11-7-4-2-3-6(10)9(7)12-8/h6H,2-5,10H2,1H3,(H,11,12). The van der Waals surface area contributed by atoms with Crippen molar-refractivity contribution in [2.24, 2.45) is 5.73 Å². The minimum atomic E-state index is 0.116. The molecule has 0 saturated carbocycles. The van der Waals surface area contributed by atoms with Crippen LogP contribution in [0.4, 0.5) is 0 Å². The Kier molecular flexibility index (Phi) is 2.33. The average molecular weight is 181 g/mol. The second-order valence-electron chi connectivity index (χ2n) is 3.48. The Morgan fingerprint density at radius 2 is 2.54 bits per heavy atom. The third kappa shape index (κ3) is 1.59. The highest BCUT2D eigenvalue weighted by Crippen LogP contribution is 2.25. The predicted molar refractivity (Wildman–Crippen MR) is 49.2 cm³/mol. The number of hydrogen-bond acceptors (Lipinski definition) is 3. The van der Waals surface area contributed by atoms with E-state index < -0.39 is 0 Å². The molecule has 3 N–H and O–H groups in total. The van der Waals surface area contributed by atoms with Gasteiger partial charge in [-0.15, -0.1) is 0 Å². The second kappa shape index (κ2) is 3.47. The molecule has 0 fully saturated rings. The van der Waals surface area contributed by atoms with Gasteiger partial charge in [-0.2, -0.15) is 0 Å². The predicted octanol–water partition coefficient (Wildman–Crippen LogP) is 0.892. The van der Waals surface area contributed by atoms with Crippen LogP contribution in [0.3, 0.4) is 0 Å². The highest BCUT2D eigenvalue weighted by molar-refractivity contribution is 5.20. The summed E-state index contributed by atoms with van der Waals surface area (Å²) in [6, 6.07) is 0.116. The monoisotopic (exact) mass is 181 g/mol. The molecule has 1 aromatic heterocycles. The van der Waals surface area contributed by atoms with Crippen LogP contribution in [0.5, 0.6) is 0 Å². The molecule has 4 nitrogen and oxygen atoms in total. The molecule has 0 spiro atoms. The van der Waals surface area contributed by atoms with Crippen molar-refractivity contribution in [3.8, 4) is 0 Å². The van der Waals surface area contributed by atoms with E-state index in [4.69, 9.17) is 10.5 Å². The minimum absolute atomic E-state index is 0.116. The maximum atomic E-state index is 5.93. The largest absolute Gasteiger partial charge is 0.377 e. The van der Waals surface area contributed by atoms with Gasteiger partial charge in [-0.3, -0.25) is 0 Å². The topological polar surface area (TPSA) is 63.9 Å². The van der Waals surface area contributed by atoms with E-state index in [1.54, 1.807) is 7.11 Å². The number of aromatic amines is 1. The first-order valence-corrected chi connectivity index (χ1v) is 4.63. The van der Waals surface area contributed by atoms with Crippen molar-refractivity contribution < 1.29 is 4.74 Å². The van der Waals surface area contributed by atoms with E-state index in [0.717, 1.165) is 30.8 Å². The molecule has 1 atom stereocenters. The van der Waals surface area contributed by atoms with E-state index in [1.807, 2.05) is 0 Å². The normalized spacial score (nSPS) is 21.5. The molecule has 1 heterocycles. The first-order valence-electron chi connectivity index (χ1n) is 4.63. The lowest BCUT2D eigenvalue weighted by Crippen LogP contribution is -2.17. The van der Waals surface area contributed by atoms with Gasteiger partial charge in [0.15, 0.2) is 0 Å². The Hall–Kier alpha value is -0.870. The Balaban J connectivity index is 2.25. The maximum Gasteiger partial charge on any atom is 0.132 e. The molecular weight excluding hydrogens is 166 g/mol. The number of fused-ring (bicyclic) bond motifs is 1. The Morgan fingerprint density at radius 3 is 3.23 bits per heavy atom. The van der Waals surface area contributed by atoms with Gasteiger partial charge in [0.1, 0.15) is 12.4 Å². The summed E-state index contributed by atoms with van der Waals surface area (Å²) >= 11 is 0. The van der Waals surface area contributed by atoms with E-state index in [9.17, 15) is 0 Å². The zero-order valence-electron chi connectivity index (χ0n) is 7.84. The third-order valence-corrected chi connectivity index (χ3v) is 2.43. The molecule has 72 valence electrons. The van der Waals surface area contributed by atoms with Crippen LogP contribution in [0.25, 0.3) is 0 Å². The molecule has 0 amide bonds. The number of methoxy groups -OCH3 is 1. The fraction of sp³-hybridized carbons (Fsp3) is 0.667. The summed E-state index contributed by atoms with van der Waals surface area (Å²) < 4.78 is 5.01. The zero-order chi connectivity index (χ0) is 9.26. The summed E-state index contributed by atoms with van der Waals surface area (Å²) in [6.45, 7) is 0.541. The van der Waals surface area contributed by atoms with Crippen molar-refractivity contribution in [2.75, 3.05) is 7.11 Å². The number of imidazole rings is 1. The van der Waals surface area contributed by atoms with E-state index in [1.165, 1.54) is 5.69 Å². The number of nitrogens with one attached hydrogen (secondary N) is 1.